The van der Waals surface area contributed by atoms with Gasteiger partial charge in [-0.05, 0) is 71.3 Å². The first-order chi connectivity index (χ1) is 14.3. The number of nitrogens with zero attached hydrogens (tertiary/aromatic N) is 3. The molecule has 1 aromatic heterocycles. The first-order valence-electron chi connectivity index (χ1n) is 11.7. The SMILES string of the molecule is C[C@@H]1CN(CCC2CCN(C(=O)OC(C)(C)C)CC2)C[C@@H]1Nc1cc(C2CC2)on1. The predicted molar refractivity (Wildman–Crippen MR) is 117 cm³/mol. The number of amides is 1. The lowest BCUT2D eigenvalue weighted by molar-refractivity contribution is 0.0178. The standard InChI is InChI=1S/C23H38N4O3/c1-16-14-26(15-19(16)24-21-13-20(30-25-21)18-5-6-18)10-7-17-8-11-27(12-9-17)22(28)29-23(2,3)4/h13,16-19H,5-12,14-15H2,1-4H3,(H,24,25)/t16-,19+/m1/s1. The van der Waals surface area contributed by atoms with Gasteiger partial charge in [-0.1, -0.05) is 12.1 Å². The Kier molecular flexibility index (Phi) is 6.28. The maximum Gasteiger partial charge on any atom is 0.410 e. The summed E-state index contributed by atoms with van der Waals surface area (Å²) >= 11 is 0. The number of carbonyl (C=O) groups excluding carboxylic acids is 1. The van der Waals surface area contributed by atoms with E-state index < -0.39 is 5.60 Å². The summed E-state index contributed by atoms with van der Waals surface area (Å²) in [6.07, 6.45) is 5.66. The van der Waals surface area contributed by atoms with Crippen LogP contribution < -0.4 is 5.32 Å². The average molecular weight is 419 g/mol. The minimum absolute atomic E-state index is 0.166. The van der Waals surface area contributed by atoms with Crippen LogP contribution in [0.2, 0.25) is 0 Å². The fourth-order valence-corrected chi connectivity index (χ4v) is 4.64. The Morgan fingerprint density at radius 1 is 1.23 bits per heavy atom. The van der Waals surface area contributed by atoms with Gasteiger partial charge in [0.1, 0.15) is 11.4 Å². The highest BCUT2D eigenvalue weighted by atomic mass is 16.6. The van der Waals surface area contributed by atoms with E-state index in [1.54, 1.807) is 0 Å². The summed E-state index contributed by atoms with van der Waals surface area (Å²) in [7, 11) is 0. The molecule has 7 nitrogen and oxygen atoms in total. The van der Waals surface area contributed by atoms with Gasteiger partial charge in [0, 0.05) is 44.2 Å². The first-order valence-corrected chi connectivity index (χ1v) is 11.7. The van der Waals surface area contributed by atoms with E-state index in [0.29, 0.717) is 23.8 Å². The Bertz CT molecular complexity index is 716. The Balaban J connectivity index is 1.16. The maximum atomic E-state index is 12.2. The van der Waals surface area contributed by atoms with Crippen LogP contribution in [0.3, 0.4) is 0 Å². The summed E-state index contributed by atoms with van der Waals surface area (Å²) in [6, 6.07) is 2.52. The van der Waals surface area contributed by atoms with E-state index in [-0.39, 0.29) is 6.09 Å². The molecule has 0 unspecified atom stereocenters. The van der Waals surface area contributed by atoms with E-state index in [1.165, 1.54) is 19.3 Å². The molecule has 0 spiro atoms. The molecule has 3 fully saturated rings. The summed E-state index contributed by atoms with van der Waals surface area (Å²) in [5.41, 5.74) is -0.420. The van der Waals surface area contributed by atoms with Crippen molar-refractivity contribution in [2.75, 3.05) is 38.0 Å². The van der Waals surface area contributed by atoms with Crippen LogP contribution in [0.25, 0.3) is 0 Å². The molecule has 2 saturated heterocycles. The number of piperidine rings is 1. The highest BCUT2D eigenvalue weighted by molar-refractivity contribution is 5.68. The minimum Gasteiger partial charge on any atom is -0.444 e. The fourth-order valence-electron chi connectivity index (χ4n) is 4.64. The molecule has 1 N–H and O–H groups in total. The van der Waals surface area contributed by atoms with Crippen molar-refractivity contribution in [3.05, 3.63) is 11.8 Å². The maximum absolute atomic E-state index is 12.2. The lowest BCUT2D eigenvalue weighted by Crippen LogP contribution is -2.42. The van der Waals surface area contributed by atoms with Crippen molar-refractivity contribution in [1.29, 1.82) is 0 Å². The third-order valence-corrected chi connectivity index (χ3v) is 6.65. The summed E-state index contributed by atoms with van der Waals surface area (Å²) in [5.74, 6) is 3.83. The van der Waals surface area contributed by atoms with Crippen LogP contribution in [0, 0.1) is 11.8 Å². The molecule has 1 saturated carbocycles. The van der Waals surface area contributed by atoms with Crippen LogP contribution in [-0.2, 0) is 4.74 Å². The number of hydrogen-bond acceptors (Lipinski definition) is 6. The number of anilines is 1. The van der Waals surface area contributed by atoms with Crippen LogP contribution in [0.15, 0.2) is 10.6 Å². The molecule has 1 amide bonds. The smallest absolute Gasteiger partial charge is 0.410 e. The quantitative estimate of drug-likeness (QED) is 0.742. The molecular weight excluding hydrogens is 380 g/mol. The molecule has 0 radical (unpaired) electrons. The zero-order chi connectivity index (χ0) is 21.3. The Hall–Kier alpha value is -1.76. The Morgan fingerprint density at radius 2 is 1.97 bits per heavy atom. The number of aromatic nitrogens is 1. The molecule has 7 heteroatoms. The molecule has 4 rings (SSSR count). The summed E-state index contributed by atoms with van der Waals surface area (Å²) in [5, 5.41) is 7.81. The van der Waals surface area contributed by atoms with Crippen LogP contribution in [0.5, 0.6) is 0 Å². The van der Waals surface area contributed by atoms with E-state index in [2.05, 4.69) is 28.4 Å². The highest BCUT2D eigenvalue weighted by Crippen LogP contribution is 2.41. The lowest BCUT2D eigenvalue weighted by atomic mass is 9.93. The molecule has 30 heavy (non-hydrogen) atoms. The Labute approximate surface area is 180 Å². The fraction of sp³-hybridized carbons (Fsp3) is 0.826. The number of likely N-dealkylation sites (tertiary alicyclic amines) is 2. The van der Waals surface area contributed by atoms with Crippen LogP contribution in [0.4, 0.5) is 10.6 Å². The van der Waals surface area contributed by atoms with Gasteiger partial charge < -0.3 is 24.4 Å². The van der Waals surface area contributed by atoms with E-state index in [4.69, 9.17) is 9.26 Å². The number of rotatable bonds is 6. The van der Waals surface area contributed by atoms with Crippen molar-refractivity contribution in [3.63, 3.8) is 0 Å². The molecule has 0 bridgehead atoms. The van der Waals surface area contributed by atoms with Crippen molar-refractivity contribution >= 4 is 11.9 Å². The number of ether oxygens (including phenoxy) is 1. The topological polar surface area (TPSA) is 70.8 Å². The lowest BCUT2D eigenvalue weighted by Gasteiger charge is -2.34. The van der Waals surface area contributed by atoms with Crippen molar-refractivity contribution in [2.45, 2.75) is 77.4 Å². The van der Waals surface area contributed by atoms with E-state index in [1.807, 2.05) is 25.7 Å². The normalized spacial score (nSPS) is 26.2. The van der Waals surface area contributed by atoms with E-state index in [9.17, 15) is 4.79 Å². The average Bonchev–Trinajstić information content (AvgIpc) is 3.33. The van der Waals surface area contributed by atoms with Crippen molar-refractivity contribution in [3.8, 4) is 0 Å². The summed E-state index contributed by atoms with van der Waals surface area (Å²) < 4.78 is 11.0. The van der Waals surface area contributed by atoms with E-state index >= 15 is 0 Å². The van der Waals surface area contributed by atoms with Gasteiger partial charge in [0.15, 0.2) is 5.82 Å². The largest absolute Gasteiger partial charge is 0.444 e. The monoisotopic (exact) mass is 418 g/mol. The van der Waals surface area contributed by atoms with Crippen molar-refractivity contribution in [2.24, 2.45) is 11.8 Å². The van der Waals surface area contributed by atoms with Crippen molar-refractivity contribution in [1.82, 2.24) is 15.0 Å². The number of carbonyl (C=O) groups is 1. The zero-order valence-electron chi connectivity index (χ0n) is 19.0. The highest BCUT2D eigenvalue weighted by Gasteiger charge is 2.33. The summed E-state index contributed by atoms with van der Waals surface area (Å²) in [6.45, 7) is 13.0. The van der Waals surface area contributed by atoms with Gasteiger partial charge in [-0.2, -0.15) is 0 Å². The van der Waals surface area contributed by atoms with E-state index in [0.717, 1.165) is 57.1 Å². The second kappa shape index (κ2) is 8.77. The molecule has 3 aliphatic rings. The predicted octanol–water partition coefficient (Wildman–Crippen LogP) is 4.32. The summed E-state index contributed by atoms with van der Waals surface area (Å²) in [4.78, 5) is 16.7. The van der Waals surface area contributed by atoms with Gasteiger partial charge in [0.2, 0.25) is 0 Å². The Morgan fingerprint density at radius 3 is 2.63 bits per heavy atom. The first kappa shape index (κ1) is 21.5. The van der Waals surface area contributed by atoms with Crippen LogP contribution in [0.1, 0.15) is 71.5 Å². The third kappa shape index (κ3) is 5.68. The van der Waals surface area contributed by atoms with Crippen molar-refractivity contribution < 1.29 is 14.1 Å². The minimum atomic E-state index is -0.420. The van der Waals surface area contributed by atoms with Gasteiger partial charge in [-0.3, -0.25) is 0 Å². The van der Waals surface area contributed by atoms with Crippen LogP contribution in [-0.4, -0.2) is 65.4 Å². The molecule has 3 heterocycles. The second-order valence-corrected chi connectivity index (χ2v) is 10.6. The molecular formula is C23H38N4O3. The van der Waals surface area contributed by atoms with Crippen LogP contribution >= 0.6 is 0 Å². The van der Waals surface area contributed by atoms with Gasteiger partial charge in [-0.15, -0.1) is 0 Å². The molecule has 168 valence electrons. The number of hydrogen-bond donors (Lipinski definition) is 1. The molecule has 0 aromatic carbocycles. The van der Waals surface area contributed by atoms with Gasteiger partial charge >= 0.3 is 6.09 Å². The van der Waals surface area contributed by atoms with Gasteiger partial charge in [-0.25, -0.2) is 4.79 Å². The molecule has 1 aliphatic carbocycles. The molecule has 2 aliphatic heterocycles. The van der Waals surface area contributed by atoms with Gasteiger partial charge in [0.05, 0.1) is 0 Å². The number of nitrogens with one attached hydrogen (secondary N) is 1. The second-order valence-electron chi connectivity index (χ2n) is 10.6. The molecule has 1 aromatic rings. The molecule has 2 atom stereocenters. The zero-order valence-corrected chi connectivity index (χ0v) is 19.0. The third-order valence-electron chi connectivity index (χ3n) is 6.65. The van der Waals surface area contributed by atoms with Gasteiger partial charge in [0.25, 0.3) is 0 Å².